The van der Waals surface area contributed by atoms with Crippen molar-refractivity contribution in [3.05, 3.63) is 64.7 Å². The first kappa shape index (κ1) is 20.3. The van der Waals surface area contributed by atoms with Crippen LogP contribution in [0, 0.1) is 53.2 Å². The van der Waals surface area contributed by atoms with Crippen LogP contribution in [-0.2, 0) is 11.2 Å². The fourth-order valence-corrected chi connectivity index (χ4v) is 3.85. The predicted octanol–water partition coefficient (Wildman–Crippen LogP) is 4.40. The van der Waals surface area contributed by atoms with Crippen LogP contribution in [-0.4, -0.2) is 24.6 Å². The molecule has 29 heavy (non-hydrogen) atoms. The van der Waals surface area contributed by atoms with Crippen LogP contribution in [0.15, 0.2) is 42.5 Å². The number of nitrogens with one attached hydrogen (secondary N) is 3. The third-order valence-electron chi connectivity index (χ3n) is 5.50. The van der Waals surface area contributed by atoms with Gasteiger partial charge in [-0.3, -0.25) is 10.8 Å². The Morgan fingerprint density at radius 2 is 1.83 bits per heavy atom. The van der Waals surface area contributed by atoms with Gasteiger partial charge in [-0.15, -0.1) is 0 Å². The van der Waals surface area contributed by atoms with Gasteiger partial charge < -0.3 is 14.9 Å². The normalized spacial score (nSPS) is 21.2. The van der Waals surface area contributed by atoms with Gasteiger partial charge in [0.25, 0.3) is 0 Å². The van der Waals surface area contributed by atoms with Gasteiger partial charge in [-0.05, 0) is 42.2 Å². The minimum atomic E-state index is -0.878. The Kier molecular flexibility index (Phi) is 5.79. The van der Waals surface area contributed by atoms with Crippen LogP contribution in [0.2, 0.25) is 0 Å². The molecule has 0 amide bonds. The summed E-state index contributed by atoms with van der Waals surface area (Å²) in [5, 5.41) is 35.0. The van der Waals surface area contributed by atoms with Crippen molar-refractivity contribution in [3.8, 4) is 11.8 Å². The first-order chi connectivity index (χ1) is 13.9. The number of nitriles is 1. The van der Waals surface area contributed by atoms with Crippen molar-refractivity contribution in [1.82, 2.24) is 0 Å². The van der Waals surface area contributed by atoms with Crippen molar-refractivity contribution in [2.45, 2.75) is 26.2 Å². The van der Waals surface area contributed by atoms with Crippen molar-refractivity contribution >= 4 is 17.5 Å². The molecule has 6 nitrogen and oxygen atoms in total. The third-order valence-corrected chi connectivity index (χ3v) is 5.50. The third kappa shape index (κ3) is 3.90. The molecule has 0 radical (unpaired) electrons. The Morgan fingerprint density at radius 1 is 1.14 bits per heavy atom. The summed E-state index contributed by atoms with van der Waals surface area (Å²) in [6, 6.07) is 15.6. The Morgan fingerprint density at radius 3 is 2.45 bits per heavy atom. The minimum Gasteiger partial charge on any atom is -0.496 e. The van der Waals surface area contributed by atoms with Gasteiger partial charge in [0.05, 0.1) is 19.1 Å². The van der Waals surface area contributed by atoms with Gasteiger partial charge in [0, 0.05) is 18.1 Å². The number of nitrogens with zero attached hydrogens (tertiary/aromatic N) is 1. The molecule has 1 saturated heterocycles. The summed E-state index contributed by atoms with van der Waals surface area (Å²) in [6.45, 7) is 3.92. The summed E-state index contributed by atoms with van der Waals surface area (Å²) in [4.78, 5) is 0. The Bertz CT molecular complexity index is 1010. The minimum absolute atomic E-state index is 0.162. The van der Waals surface area contributed by atoms with Crippen LogP contribution >= 0.6 is 0 Å². The lowest BCUT2D eigenvalue weighted by Crippen LogP contribution is -2.44. The van der Waals surface area contributed by atoms with E-state index in [0.717, 1.165) is 22.3 Å². The molecule has 148 valence electrons. The first-order valence-electron chi connectivity index (χ1n) is 9.38. The molecule has 2 aromatic rings. The number of benzene rings is 2. The Hall–Kier alpha value is -3.46. The number of hydrogen-bond acceptors (Lipinski definition) is 6. The molecule has 0 aromatic heterocycles. The van der Waals surface area contributed by atoms with Crippen LogP contribution < -0.4 is 4.74 Å². The van der Waals surface area contributed by atoms with E-state index in [1.165, 1.54) is 0 Å². The Labute approximate surface area is 170 Å². The molecular weight excluding hydrogens is 364 g/mol. The maximum atomic E-state index is 9.78. The second kappa shape index (κ2) is 8.27. The first-order valence-corrected chi connectivity index (χ1v) is 9.38. The van der Waals surface area contributed by atoms with Crippen molar-refractivity contribution in [2.24, 2.45) is 11.8 Å². The molecule has 6 heteroatoms. The second-order valence-corrected chi connectivity index (χ2v) is 7.29. The average molecular weight is 388 g/mol. The van der Waals surface area contributed by atoms with Gasteiger partial charge in [-0.1, -0.05) is 36.4 Å². The fourth-order valence-electron chi connectivity index (χ4n) is 3.85. The van der Waals surface area contributed by atoms with E-state index >= 15 is 0 Å². The summed E-state index contributed by atoms with van der Waals surface area (Å²) in [5.74, 6) is -1.88. The van der Waals surface area contributed by atoms with Gasteiger partial charge in [0.1, 0.15) is 11.7 Å². The lowest BCUT2D eigenvalue weighted by atomic mass is 9.72. The van der Waals surface area contributed by atoms with E-state index in [9.17, 15) is 5.26 Å². The molecule has 3 N–H and O–H groups in total. The van der Waals surface area contributed by atoms with Gasteiger partial charge >= 0.3 is 0 Å². The van der Waals surface area contributed by atoms with E-state index < -0.39 is 17.8 Å². The highest BCUT2D eigenvalue weighted by Crippen LogP contribution is 2.41. The number of rotatable bonds is 5. The van der Waals surface area contributed by atoms with Gasteiger partial charge in [-0.2, -0.15) is 5.26 Å². The van der Waals surface area contributed by atoms with Crippen molar-refractivity contribution in [1.29, 1.82) is 21.5 Å². The molecule has 0 bridgehead atoms. The summed E-state index contributed by atoms with van der Waals surface area (Å²) >= 11 is 0. The molecule has 1 aliphatic rings. The van der Waals surface area contributed by atoms with E-state index in [1.807, 2.05) is 56.3 Å². The molecule has 3 rings (SSSR count). The molecule has 0 saturated carbocycles. The number of methoxy groups -OCH3 is 1. The van der Waals surface area contributed by atoms with E-state index in [1.54, 1.807) is 7.11 Å². The molecule has 2 aromatic carbocycles. The van der Waals surface area contributed by atoms with E-state index in [4.69, 9.17) is 25.7 Å². The number of aryl methyl sites for hydroxylation is 1. The van der Waals surface area contributed by atoms with Gasteiger partial charge in [0.2, 0.25) is 5.90 Å². The van der Waals surface area contributed by atoms with Crippen LogP contribution in [0.1, 0.15) is 28.2 Å². The Balaban J connectivity index is 2.08. The second-order valence-electron chi connectivity index (χ2n) is 7.29. The summed E-state index contributed by atoms with van der Waals surface area (Å²) < 4.78 is 10.8. The highest BCUT2D eigenvalue weighted by Gasteiger charge is 2.45. The topological polar surface area (TPSA) is 114 Å². The zero-order valence-corrected chi connectivity index (χ0v) is 16.7. The summed E-state index contributed by atoms with van der Waals surface area (Å²) in [5.41, 5.74) is 4.01. The molecule has 0 aliphatic carbocycles. The molecule has 3 atom stereocenters. The van der Waals surface area contributed by atoms with Crippen LogP contribution in [0.25, 0.3) is 0 Å². The summed E-state index contributed by atoms with van der Waals surface area (Å²) in [7, 11) is 1.59. The van der Waals surface area contributed by atoms with Crippen molar-refractivity contribution < 1.29 is 9.47 Å². The van der Waals surface area contributed by atoms with Crippen molar-refractivity contribution in [3.63, 3.8) is 0 Å². The smallest absolute Gasteiger partial charge is 0.207 e. The maximum absolute atomic E-state index is 9.78. The van der Waals surface area contributed by atoms with Gasteiger partial charge in [0.15, 0.2) is 5.90 Å². The quantitative estimate of drug-likeness (QED) is 0.660. The van der Waals surface area contributed by atoms with Crippen LogP contribution in [0.4, 0.5) is 0 Å². The average Bonchev–Trinajstić information content (AvgIpc) is 2.70. The predicted molar refractivity (Wildman–Crippen MR) is 112 cm³/mol. The molecule has 3 unspecified atom stereocenters. The summed E-state index contributed by atoms with van der Waals surface area (Å²) in [6.07, 6.45) is 0.348. The SMILES string of the molecule is COc1cc(C2C(C#N)C(=N)OC(=N)C2C(=N)Cc2ccccc2)cc(C)c1C. The van der Waals surface area contributed by atoms with Crippen LogP contribution in [0.5, 0.6) is 5.75 Å². The molecular formula is C23H24N4O2. The lowest BCUT2D eigenvalue weighted by molar-refractivity contribution is 0.371. The number of ether oxygens (including phenoxy) is 2. The molecule has 1 fully saturated rings. The lowest BCUT2D eigenvalue weighted by Gasteiger charge is -2.36. The number of hydrogen-bond donors (Lipinski definition) is 3. The maximum Gasteiger partial charge on any atom is 0.207 e. The van der Waals surface area contributed by atoms with Crippen molar-refractivity contribution in [2.75, 3.05) is 7.11 Å². The van der Waals surface area contributed by atoms with Crippen LogP contribution in [0.3, 0.4) is 0 Å². The molecule has 1 heterocycles. The highest BCUT2D eigenvalue weighted by atomic mass is 16.5. The molecule has 1 aliphatic heterocycles. The van der Waals surface area contributed by atoms with Gasteiger partial charge in [-0.25, -0.2) is 0 Å². The van der Waals surface area contributed by atoms with E-state index in [-0.39, 0.29) is 17.5 Å². The fraction of sp³-hybridized carbons (Fsp3) is 0.304. The highest BCUT2D eigenvalue weighted by molar-refractivity contribution is 6.09. The zero-order chi connectivity index (χ0) is 21.1. The zero-order valence-electron chi connectivity index (χ0n) is 16.7. The monoisotopic (exact) mass is 388 g/mol. The van der Waals surface area contributed by atoms with E-state index in [0.29, 0.717) is 12.2 Å². The van der Waals surface area contributed by atoms with E-state index in [2.05, 4.69) is 6.07 Å². The molecule has 0 spiro atoms. The largest absolute Gasteiger partial charge is 0.496 e. The standard InChI is InChI=1S/C23H24N4O2/c1-13-9-16(11-19(28-3)14(13)2)20-17(12-24)22(26)29-23(27)21(20)18(25)10-15-7-5-4-6-8-15/h4-9,11,17,20-21,25-27H,10H2,1-3H3.